The molecule has 0 radical (unpaired) electrons. The van der Waals surface area contributed by atoms with E-state index in [-0.39, 0.29) is 11.9 Å². The van der Waals surface area contributed by atoms with E-state index in [1.807, 2.05) is 13.8 Å². The first-order chi connectivity index (χ1) is 7.47. The Labute approximate surface area is 94.8 Å². The zero-order chi connectivity index (χ0) is 12.3. The monoisotopic (exact) mass is 226 g/mol. The van der Waals surface area contributed by atoms with Gasteiger partial charge in [0.1, 0.15) is 5.92 Å². The molecule has 0 spiro atoms. The maximum absolute atomic E-state index is 11.8. The van der Waals surface area contributed by atoms with Crippen LogP contribution in [-0.2, 0) is 16.6 Å². The maximum Gasteiger partial charge on any atom is 0.317 e. The molecule has 0 aliphatic carbocycles. The molecule has 0 amide bonds. The molecule has 16 heavy (non-hydrogen) atoms. The number of rotatable bonds is 4. The molecular weight excluding hydrogens is 208 g/mol. The number of hydrogen-bond acceptors (Lipinski definition) is 5. The number of nitrogens with zero attached hydrogens (tertiary/aromatic N) is 3. The fourth-order valence-electron chi connectivity index (χ4n) is 1.46. The van der Waals surface area contributed by atoms with Gasteiger partial charge in [0.25, 0.3) is 0 Å². The van der Waals surface area contributed by atoms with Gasteiger partial charge in [-0.3, -0.25) is 4.79 Å². The van der Waals surface area contributed by atoms with Crippen LogP contribution >= 0.6 is 0 Å². The van der Waals surface area contributed by atoms with E-state index in [9.17, 15) is 4.79 Å². The van der Waals surface area contributed by atoms with E-state index in [0.29, 0.717) is 18.4 Å². The SMILES string of the molecule is CCOC(=O)C(c1nc(N)n(C)n1)C(C)C. The summed E-state index contributed by atoms with van der Waals surface area (Å²) in [6.07, 6.45) is 0. The fraction of sp³-hybridized carbons (Fsp3) is 0.700. The molecule has 1 aromatic rings. The van der Waals surface area contributed by atoms with Crippen LogP contribution in [0, 0.1) is 5.92 Å². The average molecular weight is 226 g/mol. The van der Waals surface area contributed by atoms with Gasteiger partial charge < -0.3 is 10.5 Å². The maximum atomic E-state index is 11.8. The van der Waals surface area contributed by atoms with Crippen LogP contribution in [0.4, 0.5) is 5.95 Å². The van der Waals surface area contributed by atoms with E-state index in [0.717, 1.165) is 0 Å². The molecule has 1 rings (SSSR count). The van der Waals surface area contributed by atoms with Gasteiger partial charge in [-0.1, -0.05) is 13.8 Å². The van der Waals surface area contributed by atoms with Gasteiger partial charge in [-0.2, -0.15) is 10.1 Å². The molecule has 1 atom stereocenters. The number of nitrogen functional groups attached to an aromatic ring is 1. The number of carbonyl (C=O) groups excluding carboxylic acids is 1. The molecule has 6 nitrogen and oxygen atoms in total. The second-order valence-electron chi connectivity index (χ2n) is 3.93. The minimum absolute atomic E-state index is 0.0702. The Morgan fingerprint density at radius 2 is 2.19 bits per heavy atom. The van der Waals surface area contributed by atoms with E-state index in [2.05, 4.69) is 10.1 Å². The molecule has 0 saturated carbocycles. The lowest BCUT2D eigenvalue weighted by atomic mass is 9.95. The van der Waals surface area contributed by atoms with Crippen LogP contribution in [-0.4, -0.2) is 27.3 Å². The summed E-state index contributed by atoms with van der Waals surface area (Å²) in [6.45, 7) is 5.97. The van der Waals surface area contributed by atoms with Crippen LogP contribution in [0.25, 0.3) is 0 Å². The summed E-state index contributed by atoms with van der Waals surface area (Å²) in [5.74, 6) is 0.0331. The van der Waals surface area contributed by atoms with Crippen molar-refractivity contribution in [2.24, 2.45) is 13.0 Å². The van der Waals surface area contributed by atoms with Crippen molar-refractivity contribution in [1.82, 2.24) is 14.8 Å². The Balaban J connectivity index is 2.98. The second-order valence-corrected chi connectivity index (χ2v) is 3.93. The molecule has 90 valence electrons. The predicted molar refractivity (Wildman–Crippen MR) is 59.6 cm³/mol. The van der Waals surface area contributed by atoms with Gasteiger partial charge in [0.05, 0.1) is 6.61 Å². The largest absolute Gasteiger partial charge is 0.465 e. The third kappa shape index (κ3) is 2.50. The Morgan fingerprint density at radius 3 is 2.56 bits per heavy atom. The highest BCUT2D eigenvalue weighted by Crippen LogP contribution is 2.23. The highest BCUT2D eigenvalue weighted by molar-refractivity contribution is 5.77. The molecule has 0 aromatic carbocycles. The number of anilines is 1. The Kier molecular flexibility index (Phi) is 3.87. The first kappa shape index (κ1) is 12.5. The van der Waals surface area contributed by atoms with Crippen LogP contribution in [0.15, 0.2) is 0 Å². The smallest absolute Gasteiger partial charge is 0.317 e. The van der Waals surface area contributed by atoms with Crippen LogP contribution < -0.4 is 5.73 Å². The normalized spacial score (nSPS) is 12.8. The molecule has 1 aromatic heterocycles. The van der Waals surface area contributed by atoms with Gasteiger partial charge in [0, 0.05) is 7.05 Å². The number of nitrogens with two attached hydrogens (primary N) is 1. The van der Waals surface area contributed by atoms with Crippen molar-refractivity contribution in [3.8, 4) is 0 Å². The second kappa shape index (κ2) is 4.96. The van der Waals surface area contributed by atoms with Crippen LogP contribution in [0.1, 0.15) is 32.5 Å². The minimum atomic E-state index is -0.455. The summed E-state index contributed by atoms with van der Waals surface area (Å²) in [4.78, 5) is 15.8. The van der Waals surface area contributed by atoms with Crippen molar-refractivity contribution in [2.75, 3.05) is 12.3 Å². The Morgan fingerprint density at radius 1 is 1.56 bits per heavy atom. The number of ether oxygens (including phenoxy) is 1. The van der Waals surface area contributed by atoms with Gasteiger partial charge in [0.15, 0.2) is 5.82 Å². The third-order valence-corrected chi connectivity index (χ3v) is 2.30. The molecule has 0 aliphatic heterocycles. The number of aromatic nitrogens is 3. The van der Waals surface area contributed by atoms with Gasteiger partial charge in [0.2, 0.25) is 5.95 Å². The summed E-state index contributed by atoms with van der Waals surface area (Å²) in [7, 11) is 1.69. The molecule has 1 heterocycles. The molecule has 1 unspecified atom stereocenters. The van der Waals surface area contributed by atoms with Crippen LogP contribution in [0.5, 0.6) is 0 Å². The van der Waals surface area contributed by atoms with Crippen LogP contribution in [0.3, 0.4) is 0 Å². The lowest BCUT2D eigenvalue weighted by Crippen LogP contribution is -2.22. The Bertz CT molecular complexity index is 353. The van der Waals surface area contributed by atoms with Crippen molar-refractivity contribution < 1.29 is 9.53 Å². The number of aryl methyl sites for hydroxylation is 1. The van der Waals surface area contributed by atoms with Crippen LogP contribution in [0.2, 0.25) is 0 Å². The highest BCUT2D eigenvalue weighted by Gasteiger charge is 2.29. The van der Waals surface area contributed by atoms with E-state index >= 15 is 0 Å². The number of hydrogen-bond donors (Lipinski definition) is 1. The summed E-state index contributed by atoms with van der Waals surface area (Å²) in [5, 5.41) is 4.11. The van der Waals surface area contributed by atoms with E-state index in [4.69, 9.17) is 10.5 Å². The van der Waals surface area contributed by atoms with Crippen molar-refractivity contribution in [2.45, 2.75) is 26.7 Å². The van der Waals surface area contributed by atoms with Gasteiger partial charge >= 0.3 is 5.97 Å². The number of esters is 1. The van der Waals surface area contributed by atoms with Gasteiger partial charge in [-0.15, -0.1) is 0 Å². The first-order valence-electron chi connectivity index (χ1n) is 5.30. The summed E-state index contributed by atoms with van der Waals surface area (Å²) >= 11 is 0. The summed E-state index contributed by atoms with van der Waals surface area (Å²) < 4.78 is 6.45. The fourth-order valence-corrected chi connectivity index (χ4v) is 1.46. The van der Waals surface area contributed by atoms with Gasteiger partial charge in [-0.05, 0) is 12.8 Å². The predicted octanol–water partition coefficient (Wildman–Crippen LogP) is 0.700. The molecule has 2 N–H and O–H groups in total. The zero-order valence-electron chi connectivity index (χ0n) is 10.1. The molecule has 0 bridgehead atoms. The van der Waals surface area contributed by atoms with Crippen molar-refractivity contribution >= 4 is 11.9 Å². The van der Waals surface area contributed by atoms with Crippen molar-refractivity contribution in [3.05, 3.63) is 5.82 Å². The highest BCUT2D eigenvalue weighted by atomic mass is 16.5. The third-order valence-electron chi connectivity index (χ3n) is 2.30. The van der Waals surface area contributed by atoms with Crippen molar-refractivity contribution in [3.63, 3.8) is 0 Å². The summed E-state index contributed by atoms with van der Waals surface area (Å²) in [5.41, 5.74) is 5.59. The average Bonchev–Trinajstić information content (AvgIpc) is 2.46. The number of carbonyl (C=O) groups is 1. The topological polar surface area (TPSA) is 83.0 Å². The van der Waals surface area contributed by atoms with E-state index in [1.165, 1.54) is 4.68 Å². The van der Waals surface area contributed by atoms with E-state index in [1.54, 1.807) is 14.0 Å². The first-order valence-corrected chi connectivity index (χ1v) is 5.30. The van der Waals surface area contributed by atoms with E-state index < -0.39 is 5.92 Å². The minimum Gasteiger partial charge on any atom is -0.465 e. The quantitative estimate of drug-likeness (QED) is 0.764. The molecular formula is C10H18N4O2. The molecule has 0 aliphatic rings. The molecule has 0 saturated heterocycles. The summed E-state index contributed by atoms with van der Waals surface area (Å²) in [6, 6.07) is 0. The lowest BCUT2D eigenvalue weighted by Gasteiger charge is -2.15. The Hall–Kier alpha value is -1.59. The van der Waals surface area contributed by atoms with Crippen molar-refractivity contribution in [1.29, 1.82) is 0 Å². The molecule has 6 heteroatoms. The molecule has 0 fully saturated rings. The standard InChI is InChI=1S/C10H18N4O2/c1-5-16-9(15)7(6(2)3)8-12-10(11)14(4)13-8/h6-7H,5H2,1-4H3,(H2,11,12,13). The lowest BCUT2D eigenvalue weighted by molar-refractivity contribution is -0.146. The van der Waals surface area contributed by atoms with Gasteiger partial charge in [-0.25, -0.2) is 4.68 Å². The zero-order valence-corrected chi connectivity index (χ0v) is 10.1.